The van der Waals surface area contributed by atoms with Crippen molar-refractivity contribution in [1.29, 1.82) is 0 Å². The Morgan fingerprint density at radius 2 is 1.79 bits per heavy atom. The summed E-state index contributed by atoms with van der Waals surface area (Å²) in [5.41, 5.74) is 1.76. The van der Waals surface area contributed by atoms with Crippen molar-refractivity contribution in [3.8, 4) is 5.75 Å². The molecule has 0 fully saturated rings. The molecule has 0 saturated carbocycles. The number of amides is 1. The van der Waals surface area contributed by atoms with Gasteiger partial charge in [-0.05, 0) is 48.2 Å². The van der Waals surface area contributed by atoms with E-state index in [2.05, 4.69) is 10.0 Å². The Hall–Kier alpha value is -2.54. The van der Waals surface area contributed by atoms with Crippen LogP contribution in [0.2, 0.25) is 0 Å². The van der Waals surface area contributed by atoms with Gasteiger partial charge in [0.05, 0.1) is 18.9 Å². The Balaban J connectivity index is 2.18. The molecule has 6 nitrogen and oxygen atoms in total. The van der Waals surface area contributed by atoms with Gasteiger partial charge >= 0.3 is 0 Å². The molecule has 28 heavy (non-hydrogen) atoms. The van der Waals surface area contributed by atoms with Crippen molar-refractivity contribution >= 4 is 21.6 Å². The molecule has 0 aromatic heterocycles. The average molecular weight is 405 g/mol. The van der Waals surface area contributed by atoms with Crippen molar-refractivity contribution in [2.75, 3.05) is 17.6 Å². The van der Waals surface area contributed by atoms with E-state index < -0.39 is 10.0 Å². The van der Waals surface area contributed by atoms with Gasteiger partial charge in [0, 0.05) is 11.3 Å². The Kier molecular flexibility index (Phi) is 7.45. The maximum absolute atomic E-state index is 12.8. The lowest BCUT2D eigenvalue weighted by atomic mass is 9.95. The van der Waals surface area contributed by atoms with Gasteiger partial charge in [-0.2, -0.15) is 0 Å². The summed E-state index contributed by atoms with van der Waals surface area (Å²) in [5, 5.41) is 3.04. The highest BCUT2D eigenvalue weighted by atomic mass is 32.2. The molecule has 0 radical (unpaired) electrons. The van der Waals surface area contributed by atoms with Crippen molar-refractivity contribution < 1.29 is 17.9 Å². The molecule has 2 aromatic carbocycles. The molecule has 2 aromatic rings. The van der Waals surface area contributed by atoms with Gasteiger partial charge in [-0.1, -0.05) is 39.0 Å². The molecule has 0 aliphatic rings. The molecule has 0 saturated heterocycles. The molecule has 0 aliphatic heterocycles. The van der Waals surface area contributed by atoms with Crippen molar-refractivity contribution in [1.82, 2.24) is 5.32 Å². The standard InChI is InChI=1S/C21H28N2O4S/c1-5-13-28(25,26)23-18-8-6-7-17(14-18)21(24)22-20(15(2)3)16-9-11-19(27-4)12-10-16/h6-12,14-15,20,23H,5,13H2,1-4H3,(H,22,24). The molecule has 2 rings (SSSR count). The summed E-state index contributed by atoms with van der Waals surface area (Å²) in [4.78, 5) is 12.8. The molecular weight excluding hydrogens is 376 g/mol. The predicted molar refractivity (Wildman–Crippen MR) is 112 cm³/mol. The third kappa shape index (κ3) is 5.99. The zero-order valence-corrected chi connectivity index (χ0v) is 17.5. The maximum atomic E-state index is 12.8. The van der Waals surface area contributed by atoms with Gasteiger partial charge in [-0.15, -0.1) is 0 Å². The van der Waals surface area contributed by atoms with E-state index in [1.54, 1.807) is 38.3 Å². The predicted octanol–water partition coefficient (Wildman–Crippen LogP) is 3.97. The summed E-state index contributed by atoms with van der Waals surface area (Å²) in [6.07, 6.45) is 0.521. The number of anilines is 1. The number of benzene rings is 2. The van der Waals surface area contributed by atoms with E-state index in [1.807, 2.05) is 38.1 Å². The second-order valence-corrected chi connectivity index (χ2v) is 8.81. The summed E-state index contributed by atoms with van der Waals surface area (Å²) < 4.78 is 31.6. The van der Waals surface area contributed by atoms with Gasteiger partial charge in [0.25, 0.3) is 5.91 Å². The molecule has 1 amide bonds. The van der Waals surface area contributed by atoms with Gasteiger partial charge in [-0.25, -0.2) is 8.42 Å². The van der Waals surface area contributed by atoms with Crippen LogP contribution in [-0.4, -0.2) is 27.2 Å². The summed E-state index contributed by atoms with van der Waals surface area (Å²) in [7, 11) is -1.80. The first kappa shape index (κ1) is 21.8. The van der Waals surface area contributed by atoms with Crippen LogP contribution in [-0.2, 0) is 10.0 Å². The van der Waals surface area contributed by atoms with Gasteiger partial charge in [-0.3, -0.25) is 9.52 Å². The number of nitrogens with one attached hydrogen (secondary N) is 2. The largest absolute Gasteiger partial charge is 0.497 e. The van der Waals surface area contributed by atoms with E-state index in [-0.39, 0.29) is 23.6 Å². The quantitative estimate of drug-likeness (QED) is 0.662. The highest BCUT2D eigenvalue weighted by Crippen LogP contribution is 2.24. The van der Waals surface area contributed by atoms with Crippen LogP contribution in [0.4, 0.5) is 5.69 Å². The summed E-state index contributed by atoms with van der Waals surface area (Å²) in [6, 6.07) is 13.9. The first-order valence-electron chi connectivity index (χ1n) is 9.31. The maximum Gasteiger partial charge on any atom is 0.251 e. The summed E-state index contributed by atoms with van der Waals surface area (Å²) >= 11 is 0. The Morgan fingerprint density at radius 1 is 1.11 bits per heavy atom. The summed E-state index contributed by atoms with van der Waals surface area (Å²) in [5.74, 6) is 0.704. The number of methoxy groups -OCH3 is 1. The zero-order chi connectivity index (χ0) is 20.7. The van der Waals surface area contributed by atoms with Crippen LogP contribution in [0.1, 0.15) is 49.2 Å². The van der Waals surface area contributed by atoms with Crippen LogP contribution in [0.25, 0.3) is 0 Å². The third-order valence-corrected chi connectivity index (χ3v) is 5.79. The number of rotatable bonds is 9. The number of hydrogen-bond acceptors (Lipinski definition) is 4. The van der Waals surface area contributed by atoms with Crippen LogP contribution < -0.4 is 14.8 Å². The number of carbonyl (C=O) groups is 1. The Bertz CT molecular complexity index is 893. The fourth-order valence-electron chi connectivity index (χ4n) is 2.89. The van der Waals surface area contributed by atoms with Crippen LogP contribution >= 0.6 is 0 Å². The van der Waals surface area contributed by atoms with Gasteiger partial charge < -0.3 is 10.1 Å². The Morgan fingerprint density at radius 3 is 2.36 bits per heavy atom. The van der Waals surface area contributed by atoms with Crippen LogP contribution in [0.3, 0.4) is 0 Å². The summed E-state index contributed by atoms with van der Waals surface area (Å²) in [6.45, 7) is 5.86. The SMILES string of the molecule is CCCS(=O)(=O)Nc1cccc(C(=O)NC(c2ccc(OC)cc2)C(C)C)c1. The first-order chi connectivity index (χ1) is 13.3. The molecule has 0 bridgehead atoms. The molecular formula is C21H28N2O4S. The van der Waals surface area contributed by atoms with E-state index in [1.165, 1.54) is 0 Å². The first-order valence-corrected chi connectivity index (χ1v) is 11.0. The number of sulfonamides is 1. The number of ether oxygens (including phenoxy) is 1. The minimum absolute atomic E-state index is 0.0380. The van der Waals surface area contributed by atoms with Gasteiger partial charge in [0.1, 0.15) is 5.75 Å². The van der Waals surface area contributed by atoms with Crippen molar-refractivity contribution in [3.05, 3.63) is 59.7 Å². The fraction of sp³-hybridized carbons (Fsp3) is 0.381. The van der Waals surface area contributed by atoms with Gasteiger partial charge in [0.2, 0.25) is 10.0 Å². The van der Waals surface area contributed by atoms with Gasteiger partial charge in [0.15, 0.2) is 0 Å². The van der Waals surface area contributed by atoms with E-state index in [9.17, 15) is 13.2 Å². The molecule has 1 atom stereocenters. The van der Waals surface area contributed by atoms with E-state index in [4.69, 9.17) is 4.74 Å². The second kappa shape index (κ2) is 9.59. The van der Waals surface area contributed by atoms with Crippen molar-refractivity contribution in [2.45, 2.75) is 33.2 Å². The highest BCUT2D eigenvalue weighted by Gasteiger charge is 2.20. The number of hydrogen-bond donors (Lipinski definition) is 2. The van der Waals surface area contributed by atoms with Crippen LogP contribution in [0.15, 0.2) is 48.5 Å². The lowest BCUT2D eigenvalue weighted by molar-refractivity contribution is 0.0925. The molecule has 0 spiro atoms. The smallest absolute Gasteiger partial charge is 0.251 e. The lowest BCUT2D eigenvalue weighted by Crippen LogP contribution is -2.31. The van der Waals surface area contributed by atoms with E-state index >= 15 is 0 Å². The lowest BCUT2D eigenvalue weighted by Gasteiger charge is -2.23. The third-order valence-electron chi connectivity index (χ3n) is 4.30. The highest BCUT2D eigenvalue weighted by molar-refractivity contribution is 7.92. The number of carbonyl (C=O) groups excluding carboxylic acids is 1. The Labute approximate surface area is 167 Å². The second-order valence-electron chi connectivity index (χ2n) is 6.97. The van der Waals surface area contributed by atoms with E-state index in [0.717, 1.165) is 11.3 Å². The molecule has 0 aliphatic carbocycles. The topological polar surface area (TPSA) is 84.5 Å². The van der Waals surface area contributed by atoms with Crippen LogP contribution in [0.5, 0.6) is 5.75 Å². The minimum atomic E-state index is -3.41. The van der Waals surface area contributed by atoms with Crippen LogP contribution in [0, 0.1) is 5.92 Å². The monoisotopic (exact) mass is 404 g/mol. The van der Waals surface area contributed by atoms with Crippen molar-refractivity contribution in [3.63, 3.8) is 0 Å². The average Bonchev–Trinajstić information content (AvgIpc) is 2.65. The molecule has 7 heteroatoms. The van der Waals surface area contributed by atoms with Crippen molar-refractivity contribution in [2.24, 2.45) is 5.92 Å². The zero-order valence-electron chi connectivity index (χ0n) is 16.7. The molecule has 1 unspecified atom stereocenters. The molecule has 0 heterocycles. The molecule has 2 N–H and O–H groups in total. The fourth-order valence-corrected chi connectivity index (χ4v) is 4.02. The normalized spacial score (nSPS) is 12.5. The molecule has 152 valence electrons. The minimum Gasteiger partial charge on any atom is -0.497 e. The van der Waals surface area contributed by atoms with E-state index in [0.29, 0.717) is 17.7 Å².